The average Bonchev–Trinajstić information content (AvgIpc) is 2.90. The lowest BCUT2D eigenvalue weighted by Crippen LogP contribution is -2.16. The van der Waals surface area contributed by atoms with Crippen LogP contribution >= 0.6 is 0 Å². The molecule has 14 nitrogen and oxygen atoms in total. The Morgan fingerprint density at radius 3 is 2.12 bits per heavy atom. The predicted octanol–water partition coefficient (Wildman–Crippen LogP) is 4.02. The van der Waals surface area contributed by atoms with Crippen molar-refractivity contribution in [2.24, 2.45) is 15.4 Å². The Kier molecular flexibility index (Phi) is 7.81. The Hall–Kier alpha value is -4.45. The lowest BCUT2D eigenvalue weighted by atomic mass is 10.1. The van der Waals surface area contributed by atoms with Crippen LogP contribution in [0.4, 0.5) is 22.7 Å². The summed E-state index contributed by atoms with van der Waals surface area (Å²) in [4.78, 5) is 9.20. The fourth-order valence-electron chi connectivity index (χ4n) is 3.83. The van der Waals surface area contributed by atoms with E-state index in [1.807, 2.05) is 0 Å². The molecule has 0 amide bonds. The third-order valence-corrected chi connectivity index (χ3v) is 9.11. The van der Waals surface area contributed by atoms with Gasteiger partial charge in [0.05, 0.1) is 33.2 Å². The first-order chi connectivity index (χ1) is 19.1. The lowest BCUT2D eigenvalue weighted by molar-refractivity contribution is -0.385. The Morgan fingerprint density at radius 1 is 0.854 bits per heavy atom. The second-order valence-corrected chi connectivity index (χ2v) is 13.7. The number of rotatable bonds is 9. The standard InChI is InChI=1S/C24H21N5O9S3/c1-38-22-12-11-20(27-26-19-10-9-15(29(30)31)13-23(19)39(2,32)33)24-18(22)7-4-8-21(24)28-41(36,37)17-6-3-5-16(14-17)40(25,34)35/h3-14,28H,1-2H3,(H2,25,34,35). The van der Waals surface area contributed by atoms with E-state index >= 15 is 0 Å². The van der Waals surface area contributed by atoms with E-state index in [0.717, 1.165) is 36.6 Å². The summed E-state index contributed by atoms with van der Waals surface area (Å²) in [5.74, 6) is 0.350. The van der Waals surface area contributed by atoms with Gasteiger partial charge in [-0.3, -0.25) is 14.8 Å². The highest BCUT2D eigenvalue weighted by atomic mass is 32.2. The van der Waals surface area contributed by atoms with Crippen LogP contribution in [0, 0.1) is 10.1 Å². The van der Waals surface area contributed by atoms with Crippen molar-refractivity contribution >= 4 is 63.4 Å². The van der Waals surface area contributed by atoms with Crippen molar-refractivity contribution < 1.29 is 34.9 Å². The maximum Gasteiger partial charge on any atom is 0.270 e. The zero-order valence-electron chi connectivity index (χ0n) is 21.2. The van der Waals surface area contributed by atoms with Gasteiger partial charge in [-0.1, -0.05) is 18.2 Å². The van der Waals surface area contributed by atoms with E-state index in [1.165, 1.54) is 37.4 Å². The molecule has 0 spiro atoms. The summed E-state index contributed by atoms with van der Waals surface area (Å²) in [7, 11) is -11.1. The first-order valence-electron chi connectivity index (χ1n) is 11.3. The highest BCUT2D eigenvalue weighted by Crippen LogP contribution is 2.40. The number of hydrogen-bond acceptors (Lipinski definition) is 11. The van der Waals surface area contributed by atoms with Crippen LogP contribution in [0.2, 0.25) is 0 Å². The van der Waals surface area contributed by atoms with Crippen molar-refractivity contribution in [1.82, 2.24) is 0 Å². The molecule has 0 bridgehead atoms. The maximum absolute atomic E-state index is 13.3. The molecular formula is C24H21N5O9S3. The fourth-order valence-corrected chi connectivity index (χ4v) is 6.41. The molecule has 17 heteroatoms. The van der Waals surface area contributed by atoms with Crippen LogP contribution in [-0.2, 0) is 29.9 Å². The summed E-state index contributed by atoms with van der Waals surface area (Å²) >= 11 is 0. The number of nitrogens with zero attached hydrogens (tertiary/aromatic N) is 3. The van der Waals surface area contributed by atoms with Gasteiger partial charge in [-0.25, -0.2) is 30.4 Å². The number of methoxy groups -OCH3 is 1. The molecule has 0 heterocycles. The van der Waals surface area contributed by atoms with Crippen LogP contribution in [0.5, 0.6) is 5.75 Å². The SMILES string of the molecule is COc1ccc(N=Nc2ccc([N+](=O)[O-])cc2S(C)(=O)=O)c2c(NS(=O)(=O)c3cccc(S(N)(=O)=O)c3)cccc12. The smallest absolute Gasteiger partial charge is 0.270 e. The van der Waals surface area contributed by atoms with E-state index in [2.05, 4.69) is 15.0 Å². The second-order valence-electron chi connectivity index (χ2n) is 8.52. The van der Waals surface area contributed by atoms with Gasteiger partial charge >= 0.3 is 0 Å². The highest BCUT2D eigenvalue weighted by Gasteiger charge is 2.21. The first kappa shape index (κ1) is 29.5. The van der Waals surface area contributed by atoms with Gasteiger partial charge in [0.2, 0.25) is 10.0 Å². The zero-order valence-corrected chi connectivity index (χ0v) is 23.7. The normalized spacial score (nSPS) is 12.5. The molecule has 0 aromatic heterocycles. The van der Waals surface area contributed by atoms with Crippen LogP contribution in [-0.4, -0.2) is 43.5 Å². The summed E-state index contributed by atoms with van der Waals surface area (Å²) in [6.45, 7) is 0. The molecule has 0 aliphatic carbocycles. The molecule has 0 radical (unpaired) electrons. The summed E-state index contributed by atoms with van der Waals surface area (Å²) in [5, 5.41) is 25.1. The summed E-state index contributed by atoms with van der Waals surface area (Å²) < 4.78 is 82.4. The third-order valence-electron chi connectivity index (χ3n) is 5.71. The number of nitro benzene ring substituents is 1. The topological polar surface area (TPSA) is 218 Å². The molecule has 0 aliphatic rings. The van der Waals surface area contributed by atoms with E-state index < -0.39 is 50.3 Å². The Morgan fingerprint density at radius 2 is 1.49 bits per heavy atom. The molecule has 0 atom stereocenters. The molecule has 0 fully saturated rings. The number of benzene rings is 4. The van der Waals surface area contributed by atoms with Crippen molar-refractivity contribution in [2.45, 2.75) is 14.7 Å². The largest absolute Gasteiger partial charge is 0.496 e. The van der Waals surface area contributed by atoms with Gasteiger partial charge in [0.1, 0.15) is 16.3 Å². The number of nitro groups is 1. The Labute approximate surface area is 234 Å². The summed E-state index contributed by atoms with van der Waals surface area (Å²) in [6, 6.07) is 15.1. The monoisotopic (exact) mass is 619 g/mol. The fraction of sp³-hybridized carbons (Fsp3) is 0.0833. The van der Waals surface area contributed by atoms with Crippen LogP contribution < -0.4 is 14.6 Å². The maximum atomic E-state index is 13.3. The minimum absolute atomic E-state index is 0.0170. The molecule has 41 heavy (non-hydrogen) atoms. The van der Waals surface area contributed by atoms with E-state index in [4.69, 9.17) is 9.88 Å². The number of nitrogens with two attached hydrogens (primary N) is 1. The highest BCUT2D eigenvalue weighted by molar-refractivity contribution is 7.93. The second kappa shape index (κ2) is 10.8. The van der Waals surface area contributed by atoms with Gasteiger partial charge in [-0.15, -0.1) is 10.2 Å². The molecule has 0 saturated heterocycles. The molecule has 0 unspecified atom stereocenters. The van der Waals surface area contributed by atoms with Crippen LogP contribution in [0.15, 0.2) is 97.7 Å². The third kappa shape index (κ3) is 6.32. The van der Waals surface area contributed by atoms with Gasteiger partial charge in [0.15, 0.2) is 9.84 Å². The number of primary sulfonamides is 1. The number of hydrogen-bond donors (Lipinski definition) is 2. The van der Waals surface area contributed by atoms with Gasteiger partial charge in [0, 0.05) is 29.2 Å². The molecule has 214 valence electrons. The first-order valence-corrected chi connectivity index (χ1v) is 16.2. The minimum Gasteiger partial charge on any atom is -0.496 e. The van der Waals surface area contributed by atoms with Gasteiger partial charge in [-0.2, -0.15) is 0 Å². The van der Waals surface area contributed by atoms with Gasteiger partial charge in [0.25, 0.3) is 15.7 Å². The van der Waals surface area contributed by atoms with Crippen molar-refractivity contribution in [3.63, 3.8) is 0 Å². The van der Waals surface area contributed by atoms with E-state index in [1.54, 1.807) is 12.1 Å². The van der Waals surface area contributed by atoms with Crippen LogP contribution in [0.1, 0.15) is 0 Å². The van der Waals surface area contributed by atoms with Gasteiger partial charge in [-0.05, 0) is 42.5 Å². The van der Waals surface area contributed by atoms with Crippen molar-refractivity contribution in [2.75, 3.05) is 18.1 Å². The lowest BCUT2D eigenvalue weighted by Gasteiger charge is -2.14. The molecule has 4 rings (SSSR count). The van der Waals surface area contributed by atoms with Crippen molar-refractivity contribution in [1.29, 1.82) is 0 Å². The minimum atomic E-state index is -4.36. The van der Waals surface area contributed by atoms with Crippen molar-refractivity contribution in [3.8, 4) is 5.75 Å². The number of fused-ring (bicyclic) bond motifs is 1. The number of sulfonamides is 2. The number of nitrogens with one attached hydrogen (secondary N) is 1. The quantitative estimate of drug-likeness (QED) is 0.157. The molecule has 3 N–H and O–H groups in total. The van der Waals surface area contributed by atoms with Crippen molar-refractivity contribution in [3.05, 3.63) is 82.9 Å². The molecular weight excluding hydrogens is 598 g/mol. The van der Waals surface area contributed by atoms with E-state index in [0.29, 0.717) is 11.1 Å². The van der Waals surface area contributed by atoms with Gasteiger partial charge < -0.3 is 4.74 Å². The molecule has 0 saturated carbocycles. The number of non-ortho nitro benzene ring substituents is 1. The summed E-state index contributed by atoms with van der Waals surface area (Å²) in [6.07, 6.45) is 0.867. The van der Waals surface area contributed by atoms with E-state index in [-0.39, 0.29) is 27.3 Å². The molecule has 4 aromatic carbocycles. The zero-order chi connectivity index (χ0) is 30.2. The summed E-state index contributed by atoms with van der Waals surface area (Å²) in [5.41, 5.74) is -0.527. The number of sulfone groups is 1. The van der Waals surface area contributed by atoms with E-state index in [9.17, 15) is 35.4 Å². The van der Waals surface area contributed by atoms with Crippen LogP contribution in [0.3, 0.4) is 0 Å². The Balaban J connectivity index is 1.87. The number of ether oxygens (including phenoxy) is 1. The predicted molar refractivity (Wildman–Crippen MR) is 150 cm³/mol. The number of azo groups is 1. The average molecular weight is 620 g/mol. The van der Waals surface area contributed by atoms with Crippen LogP contribution in [0.25, 0.3) is 10.8 Å². The molecule has 4 aromatic rings. The number of anilines is 1. The Bertz CT molecular complexity index is 2060. The molecule has 0 aliphatic heterocycles.